The van der Waals surface area contributed by atoms with Crippen molar-refractivity contribution in [3.63, 3.8) is 0 Å². The van der Waals surface area contributed by atoms with Crippen LogP contribution >= 0.6 is 0 Å². The molecule has 0 saturated heterocycles. The van der Waals surface area contributed by atoms with Crippen LogP contribution in [-0.2, 0) is 10.8 Å². The van der Waals surface area contributed by atoms with Crippen molar-refractivity contribution < 1.29 is 4.58 Å². The minimum atomic E-state index is 0.0891. The maximum absolute atomic E-state index is 2.71. The predicted octanol–water partition coefficient (Wildman–Crippen LogP) is 8.77. The van der Waals surface area contributed by atoms with Gasteiger partial charge in [-0.05, 0) is 49.8 Å². The number of anilines is 1. The van der Waals surface area contributed by atoms with Crippen LogP contribution in [0.1, 0.15) is 87.8 Å². The first-order valence-corrected chi connectivity index (χ1v) is 15.1. The molecule has 0 aromatic heterocycles. The quantitative estimate of drug-likeness (QED) is 0.325. The van der Waals surface area contributed by atoms with Crippen molar-refractivity contribution >= 4 is 22.7 Å². The van der Waals surface area contributed by atoms with E-state index in [-0.39, 0.29) is 10.8 Å². The SMILES string of the molecule is CCN1C(=C(C2=[N+](C)c3ccccc3C23CCCCC3)c2ccccc2)C2(CCCCC2)c2ccccc21. The van der Waals surface area contributed by atoms with Crippen molar-refractivity contribution in [1.29, 1.82) is 0 Å². The van der Waals surface area contributed by atoms with Crippen molar-refractivity contribution in [2.24, 2.45) is 0 Å². The number of hydrogen-bond acceptors (Lipinski definition) is 1. The van der Waals surface area contributed by atoms with E-state index in [1.165, 1.54) is 86.7 Å². The topological polar surface area (TPSA) is 6.25 Å². The lowest BCUT2D eigenvalue weighted by Crippen LogP contribution is -2.42. The second kappa shape index (κ2) is 9.26. The van der Waals surface area contributed by atoms with Gasteiger partial charge in [-0.3, -0.25) is 0 Å². The Labute approximate surface area is 228 Å². The van der Waals surface area contributed by atoms with Crippen LogP contribution in [-0.4, -0.2) is 23.9 Å². The first kappa shape index (κ1) is 23.9. The standard InChI is InChI=1S/C36H41N2/c1-3-38-31-22-12-10-20-29(31)36(25-15-6-16-26-36)34(38)32(27-17-7-4-8-18-27)33-35(23-13-5-14-24-35)28-19-9-11-21-30(28)37(33)2/h4,7-12,17-22H,3,5-6,13-16,23-26H2,1-2H3/q+1. The summed E-state index contributed by atoms with van der Waals surface area (Å²) in [5.74, 6) is 0. The molecule has 2 aliphatic carbocycles. The lowest BCUT2D eigenvalue weighted by Gasteiger charge is -2.40. The van der Waals surface area contributed by atoms with E-state index < -0.39 is 0 Å². The maximum Gasteiger partial charge on any atom is 0.209 e. The lowest BCUT2D eigenvalue weighted by molar-refractivity contribution is -0.401. The molecule has 0 N–H and O–H groups in total. The number of rotatable bonds is 3. The van der Waals surface area contributed by atoms with Crippen LogP contribution in [0.2, 0.25) is 0 Å². The summed E-state index contributed by atoms with van der Waals surface area (Å²) in [5.41, 5.74) is 12.2. The number of nitrogens with zero attached hydrogens (tertiary/aromatic N) is 2. The Bertz CT molecular complexity index is 1410. The molecule has 3 aromatic rings. The van der Waals surface area contributed by atoms with Gasteiger partial charge in [0.05, 0.1) is 11.0 Å². The average Bonchev–Trinajstić information content (AvgIpc) is 3.37. The number of benzene rings is 3. The molecule has 7 rings (SSSR count). The van der Waals surface area contributed by atoms with Crippen molar-refractivity contribution in [3.05, 3.63) is 101 Å². The van der Waals surface area contributed by atoms with Crippen molar-refractivity contribution in [1.82, 2.24) is 0 Å². The van der Waals surface area contributed by atoms with Crippen LogP contribution in [0.15, 0.2) is 84.6 Å². The van der Waals surface area contributed by atoms with Crippen LogP contribution < -0.4 is 4.90 Å². The molecule has 2 saturated carbocycles. The molecule has 0 atom stereocenters. The van der Waals surface area contributed by atoms with E-state index in [1.54, 1.807) is 22.5 Å². The summed E-state index contributed by atoms with van der Waals surface area (Å²) < 4.78 is 2.60. The number of para-hydroxylation sites is 2. The number of allylic oxidation sites excluding steroid dienone is 2. The minimum Gasteiger partial charge on any atom is -0.343 e. The fraction of sp³-hybridized carbons (Fsp3) is 0.417. The highest BCUT2D eigenvalue weighted by atomic mass is 15.2. The summed E-state index contributed by atoms with van der Waals surface area (Å²) in [6, 6.07) is 30.1. The molecule has 2 fully saturated rings. The third kappa shape index (κ3) is 3.28. The molecule has 2 heterocycles. The number of likely N-dealkylation sites (N-methyl/N-ethyl adjacent to an activating group) is 1. The van der Waals surface area contributed by atoms with Crippen LogP contribution in [0.25, 0.3) is 5.57 Å². The number of fused-ring (bicyclic) bond motifs is 4. The molecule has 0 bridgehead atoms. The van der Waals surface area contributed by atoms with E-state index in [2.05, 4.69) is 102 Å². The largest absolute Gasteiger partial charge is 0.343 e. The summed E-state index contributed by atoms with van der Waals surface area (Å²) in [6.07, 6.45) is 13.0. The molecule has 4 aliphatic rings. The van der Waals surface area contributed by atoms with E-state index in [1.807, 2.05) is 0 Å². The average molecular weight is 502 g/mol. The van der Waals surface area contributed by atoms with E-state index in [9.17, 15) is 0 Å². The molecule has 0 amide bonds. The third-order valence-electron chi connectivity index (χ3n) is 10.3. The normalized spacial score (nSPS) is 22.6. The molecule has 0 unspecified atom stereocenters. The molecule has 38 heavy (non-hydrogen) atoms. The van der Waals surface area contributed by atoms with Gasteiger partial charge < -0.3 is 4.90 Å². The fourth-order valence-corrected chi connectivity index (χ4v) is 8.78. The highest BCUT2D eigenvalue weighted by Crippen LogP contribution is 2.59. The van der Waals surface area contributed by atoms with Crippen molar-refractivity contribution in [2.75, 3.05) is 18.5 Å². The fourth-order valence-electron chi connectivity index (χ4n) is 8.78. The predicted molar refractivity (Wildman–Crippen MR) is 160 cm³/mol. The molecule has 2 nitrogen and oxygen atoms in total. The Morgan fingerprint density at radius 3 is 1.95 bits per heavy atom. The molecular weight excluding hydrogens is 460 g/mol. The van der Waals surface area contributed by atoms with Crippen LogP contribution in [0.4, 0.5) is 11.4 Å². The first-order chi connectivity index (χ1) is 18.7. The van der Waals surface area contributed by atoms with Crippen molar-refractivity contribution in [3.8, 4) is 0 Å². The molecular formula is C36H41N2+. The molecule has 3 aromatic carbocycles. The molecule has 194 valence electrons. The van der Waals surface area contributed by atoms with Gasteiger partial charge in [0.15, 0.2) is 0 Å². The lowest BCUT2D eigenvalue weighted by atomic mass is 9.62. The van der Waals surface area contributed by atoms with E-state index >= 15 is 0 Å². The van der Waals surface area contributed by atoms with Crippen molar-refractivity contribution in [2.45, 2.75) is 82.0 Å². The highest BCUT2D eigenvalue weighted by Gasteiger charge is 2.57. The Kier molecular flexibility index (Phi) is 5.83. The highest BCUT2D eigenvalue weighted by molar-refractivity contribution is 6.29. The summed E-state index contributed by atoms with van der Waals surface area (Å²) in [6.45, 7) is 3.36. The van der Waals surface area contributed by atoms with Gasteiger partial charge in [0.2, 0.25) is 11.4 Å². The second-order valence-corrected chi connectivity index (χ2v) is 12.1. The minimum absolute atomic E-state index is 0.0891. The van der Waals surface area contributed by atoms with Gasteiger partial charge >= 0.3 is 0 Å². The molecule has 2 spiro atoms. The van der Waals surface area contributed by atoms with Gasteiger partial charge in [0, 0.05) is 35.0 Å². The Hall–Kier alpha value is -3.13. The van der Waals surface area contributed by atoms with Gasteiger partial charge in [-0.2, -0.15) is 4.58 Å². The Morgan fingerprint density at radius 2 is 1.26 bits per heavy atom. The third-order valence-corrected chi connectivity index (χ3v) is 10.3. The van der Waals surface area contributed by atoms with Gasteiger partial charge in [-0.15, -0.1) is 0 Å². The maximum atomic E-state index is 2.71. The molecule has 2 heteroatoms. The van der Waals surface area contributed by atoms with Crippen LogP contribution in [0, 0.1) is 0 Å². The second-order valence-electron chi connectivity index (χ2n) is 12.1. The smallest absolute Gasteiger partial charge is 0.209 e. The van der Waals surface area contributed by atoms with Gasteiger partial charge in [0.25, 0.3) is 0 Å². The molecule has 0 radical (unpaired) electrons. The summed E-state index contributed by atoms with van der Waals surface area (Å²) in [5, 5.41) is 0. The zero-order valence-electron chi connectivity index (χ0n) is 23.2. The van der Waals surface area contributed by atoms with E-state index in [0.717, 1.165) is 6.54 Å². The Balaban J connectivity index is 1.60. The summed E-state index contributed by atoms with van der Waals surface area (Å²) in [7, 11) is 2.35. The Morgan fingerprint density at radius 1 is 0.684 bits per heavy atom. The van der Waals surface area contributed by atoms with Gasteiger partial charge in [-0.25, -0.2) is 0 Å². The summed E-state index contributed by atoms with van der Waals surface area (Å²) in [4.78, 5) is 2.71. The van der Waals surface area contributed by atoms with E-state index in [0.29, 0.717) is 0 Å². The monoisotopic (exact) mass is 501 g/mol. The zero-order valence-corrected chi connectivity index (χ0v) is 23.2. The van der Waals surface area contributed by atoms with E-state index in [4.69, 9.17) is 0 Å². The van der Waals surface area contributed by atoms with Gasteiger partial charge in [-0.1, -0.05) is 105 Å². The first-order valence-electron chi connectivity index (χ1n) is 15.1. The van der Waals surface area contributed by atoms with Gasteiger partial charge in [0.1, 0.15) is 7.05 Å². The van der Waals surface area contributed by atoms with Crippen LogP contribution in [0.5, 0.6) is 0 Å². The number of hydrogen-bond donors (Lipinski definition) is 0. The summed E-state index contributed by atoms with van der Waals surface area (Å²) >= 11 is 0. The van der Waals surface area contributed by atoms with Crippen LogP contribution in [0.3, 0.4) is 0 Å². The molecule has 2 aliphatic heterocycles. The zero-order chi connectivity index (χ0) is 25.7.